The van der Waals surface area contributed by atoms with Crippen molar-refractivity contribution in [2.75, 3.05) is 0 Å². The molecule has 4 nitrogen and oxygen atoms in total. The molecular formula is C23H26N2O2. The van der Waals surface area contributed by atoms with Gasteiger partial charge in [0, 0.05) is 27.4 Å². The Morgan fingerprint density at radius 3 is 2.37 bits per heavy atom. The third-order valence-corrected chi connectivity index (χ3v) is 6.13. The molecule has 1 fully saturated rings. The zero-order valence-corrected chi connectivity index (χ0v) is 15.7. The molecule has 140 valence electrons. The maximum absolute atomic E-state index is 12.4. The molecule has 1 heterocycles. The average molecular weight is 362 g/mol. The van der Waals surface area contributed by atoms with Crippen molar-refractivity contribution < 1.29 is 4.92 Å². The normalized spacial score (nSPS) is 17.7. The number of fused-ring (bicyclic) bond motifs is 1. The number of aromatic nitrogens is 1. The second kappa shape index (κ2) is 7.55. The van der Waals surface area contributed by atoms with E-state index in [0.717, 1.165) is 53.4 Å². The number of benzene rings is 2. The summed E-state index contributed by atoms with van der Waals surface area (Å²) in [4.78, 5) is 15.8. The molecule has 0 radical (unpaired) electrons. The number of aromatic amines is 1. The van der Waals surface area contributed by atoms with Crippen LogP contribution in [0.5, 0.6) is 0 Å². The molecule has 0 unspecified atom stereocenters. The van der Waals surface area contributed by atoms with E-state index in [1.807, 2.05) is 49.4 Å². The first kappa shape index (κ1) is 17.8. The monoisotopic (exact) mass is 362 g/mol. The Morgan fingerprint density at radius 2 is 1.67 bits per heavy atom. The Bertz CT molecular complexity index is 926. The third-order valence-electron chi connectivity index (χ3n) is 6.13. The summed E-state index contributed by atoms with van der Waals surface area (Å²) < 4.78 is 0. The summed E-state index contributed by atoms with van der Waals surface area (Å²) in [7, 11) is 0. The summed E-state index contributed by atoms with van der Waals surface area (Å²) in [6.45, 7) is 2.04. The molecule has 0 bridgehead atoms. The molecule has 1 saturated carbocycles. The maximum atomic E-state index is 12.4. The lowest BCUT2D eigenvalue weighted by Crippen LogP contribution is -2.37. The van der Waals surface area contributed by atoms with Crippen molar-refractivity contribution in [3.8, 4) is 0 Å². The number of aryl methyl sites for hydroxylation is 1. The minimum atomic E-state index is -0.592. The summed E-state index contributed by atoms with van der Waals surface area (Å²) in [5.41, 5.74) is 4.21. The van der Waals surface area contributed by atoms with Gasteiger partial charge in [-0.3, -0.25) is 10.1 Å². The molecule has 1 aromatic heterocycles. The van der Waals surface area contributed by atoms with Crippen LogP contribution in [0, 0.1) is 23.0 Å². The van der Waals surface area contributed by atoms with Crippen LogP contribution in [0.2, 0.25) is 0 Å². The van der Waals surface area contributed by atoms with Crippen molar-refractivity contribution in [1.82, 2.24) is 4.98 Å². The van der Waals surface area contributed by atoms with Gasteiger partial charge < -0.3 is 4.98 Å². The van der Waals surface area contributed by atoms with Gasteiger partial charge >= 0.3 is 0 Å². The quantitative estimate of drug-likeness (QED) is 0.458. The average Bonchev–Trinajstić information content (AvgIpc) is 3.02. The van der Waals surface area contributed by atoms with Gasteiger partial charge in [-0.25, -0.2) is 0 Å². The summed E-state index contributed by atoms with van der Waals surface area (Å²) in [6.07, 6.45) is 5.31. The van der Waals surface area contributed by atoms with Crippen LogP contribution in [0.25, 0.3) is 10.9 Å². The van der Waals surface area contributed by atoms with Gasteiger partial charge in [-0.15, -0.1) is 0 Å². The van der Waals surface area contributed by atoms with Crippen LogP contribution in [0.1, 0.15) is 54.8 Å². The lowest BCUT2D eigenvalue weighted by molar-refractivity contribution is -0.536. The number of hydrogen-bond acceptors (Lipinski definition) is 2. The van der Waals surface area contributed by atoms with E-state index in [-0.39, 0.29) is 16.8 Å². The van der Waals surface area contributed by atoms with Crippen molar-refractivity contribution in [1.29, 1.82) is 0 Å². The summed E-state index contributed by atoms with van der Waals surface area (Å²) in [5.74, 6) is -0.104. The Morgan fingerprint density at radius 1 is 1.00 bits per heavy atom. The molecule has 0 saturated heterocycles. The molecule has 4 rings (SSSR count). The van der Waals surface area contributed by atoms with Gasteiger partial charge in [0.1, 0.15) is 0 Å². The van der Waals surface area contributed by atoms with E-state index < -0.39 is 6.04 Å². The lowest BCUT2D eigenvalue weighted by atomic mass is 9.73. The van der Waals surface area contributed by atoms with Crippen molar-refractivity contribution in [2.45, 2.75) is 51.0 Å². The predicted molar refractivity (Wildman–Crippen MR) is 109 cm³/mol. The fourth-order valence-electron chi connectivity index (χ4n) is 4.94. The third kappa shape index (κ3) is 3.36. The molecule has 0 aliphatic heterocycles. The minimum absolute atomic E-state index is 0.00509. The van der Waals surface area contributed by atoms with E-state index in [0.29, 0.717) is 0 Å². The Kier molecular flexibility index (Phi) is 4.97. The molecule has 0 spiro atoms. The molecule has 2 atom stereocenters. The molecule has 1 aliphatic rings. The van der Waals surface area contributed by atoms with Crippen molar-refractivity contribution >= 4 is 10.9 Å². The van der Waals surface area contributed by atoms with Gasteiger partial charge in [-0.05, 0) is 37.0 Å². The van der Waals surface area contributed by atoms with E-state index in [1.54, 1.807) is 0 Å². The van der Waals surface area contributed by atoms with Gasteiger partial charge in [0.05, 0.1) is 5.92 Å². The number of hydrogen-bond donors (Lipinski definition) is 1. The molecule has 1 N–H and O–H groups in total. The van der Waals surface area contributed by atoms with Gasteiger partial charge in [-0.1, -0.05) is 67.8 Å². The van der Waals surface area contributed by atoms with Crippen molar-refractivity contribution in [3.05, 3.63) is 81.5 Å². The van der Waals surface area contributed by atoms with E-state index in [2.05, 4.69) is 17.1 Å². The van der Waals surface area contributed by atoms with E-state index in [9.17, 15) is 10.1 Å². The molecule has 3 aromatic rings. The van der Waals surface area contributed by atoms with Crippen LogP contribution in [0.15, 0.2) is 54.6 Å². The van der Waals surface area contributed by atoms with Crippen molar-refractivity contribution in [2.24, 2.45) is 5.92 Å². The number of rotatable bonds is 5. The smallest absolute Gasteiger partial charge is 0.226 e. The van der Waals surface area contributed by atoms with Crippen LogP contribution in [-0.2, 0) is 0 Å². The van der Waals surface area contributed by atoms with Crippen LogP contribution in [0.4, 0.5) is 0 Å². The molecule has 27 heavy (non-hydrogen) atoms. The highest BCUT2D eigenvalue weighted by molar-refractivity contribution is 5.85. The Labute approximate surface area is 159 Å². The largest absolute Gasteiger partial charge is 0.358 e. The maximum Gasteiger partial charge on any atom is 0.226 e. The zero-order valence-electron chi connectivity index (χ0n) is 15.7. The summed E-state index contributed by atoms with van der Waals surface area (Å²) in [6, 6.07) is 17.6. The summed E-state index contributed by atoms with van der Waals surface area (Å²) in [5, 5.41) is 13.5. The Hall–Kier alpha value is -2.62. The fourth-order valence-corrected chi connectivity index (χ4v) is 4.94. The highest BCUT2D eigenvalue weighted by Crippen LogP contribution is 2.42. The van der Waals surface area contributed by atoms with Crippen LogP contribution in [0.3, 0.4) is 0 Å². The zero-order chi connectivity index (χ0) is 18.8. The second-order valence-corrected chi connectivity index (χ2v) is 7.77. The van der Waals surface area contributed by atoms with Gasteiger partial charge in [-0.2, -0.15) is 0 Å². The number of para-hydroxylation sites is 1. The van der Waals surface area contributed by atoms with Crippen LogP contribution < -0.4 is 0 Å². The first-order valence-electron chi connectivity index (χ1n) is 9.92. The van der Waals surface area contributed by atoms with Crippen molar-refractivity contribution in [3.63, 3.8) is 0 Å². The van der Waals surface area contributed by atoms with E-state index in [4.69, 9.17) is 0 Å². The Balaban J connectivity index is 1.91. The fraction of sp³-hybridized carbons (Fsp3) is 0.391. The predicted octanol–water partition coefficient (Wildman–Crippen LogP) is 5.83. The lowest BCUT2D eigenvalue weighted by Gasteiger charge is -2.30. The highest BCUT2D eigenvalue weighted by atomic mass is 16.6. The SMILES string of the molecule is Cc1[nH]c2ccccc2c1[C@H](c1ccccc1)[C@H](C1CCCCC1)[N+](=O)[O-]. The van der Waals surface area contributed by atoms with Gasteiger partial charge in [0.25, 0.3) is 0 Å². The van der Waals surface area contributed by atoms with Crippen LogP contribution in [-0.4, -0.2) is 15.9 Å². The molecular weight excluding hydrogens is 336 g/mol. The molecule has 2 aromatic carbocycles. The van der Waals surface area contributed by atoms with Gasteiger partial charge in [0.15, 0.2) is 0 Å². The molecule has 0 amide bonds. The minimum Gasteiger partial charge on any atom is -0.358 e. The van der Waals surface area contributed by atoms with Gasteiger partial charge in [0.2, 0.25) is 6.04 Å². The standard InChI is InChI=1S/C23H26N2O2/c1-16-21(19-14-8-9-15-20(19)24-16)22(17-10-4-2-5-11-17)23(25(26)27)18-12-6-3-7-13-18/h2,4-5,8-11,14-15,18,22-24H,3,6-7,12-13H2,1H3/t22-,23-/m0/s1. The first-order chi connectivity index (χ1) is 13.2. The molecule has 4 heteroatoms. The number of nitro groups is 1. The second-order valence-electron chi connectivity index (χ2n) is 7.77. The van der Waals surface area contributed by atoms with E-state index in [1.165, 1.54) is 6.42 Å². The number of H-pyrrole nitrogens is 1. The molecule has 1 aliphatic carbocycles. The first-order valence-corrected chi connectivity index (χ1v) is 9.92. The summed E-state index contributed by atoms with van der Waals surface area (Å²) >= 11 is 0. The van der Waals surface area contributed by atoms with E-state index >= 15 is 0 Å². The topological polar surface area (TPSA) is 58.9 Å². The number of nitrogens with one attached hydrogen (secondary N) is 1. The number of nitrogens with zero attached hydrogens (tertiary/aromatic N) is 1. The van der Waals surface area contributed by atoms with Crippen LogP contribution >= 0.6 is 0 Å². The highest BCUT2D eigenvalue weighted by Gasteiger charge is 2.42.